The fourth-order valence-corrected chi connectivity index (χ4v) is 2.17. The van der Waals surface area contributed by atoms with Gasteiger partial charge in [0.15, 0.2) is 0 Å². The highest BCUT2D eigenvalue weighted by Gasteiger charge is 2.43. The number of nitrogens with zero attached hydrogens (tertiary/aromatic N) is 4. The zero-order valence-electron chi connectivity index (χ0n) is 10.3. The molecule has 17 heavy (non-hydrogen) atoms. The predicted octanol–water partition coefficient (Wildman–Crippen LogP) is 1.24. The third-order valence-corrected chi connectivity index (χ3v) is 3.42. The zero-order valence-corrected chi connectivity index (χ0v) is 10.3. The molecule has 1 aliphatic carbocycles. The molecular weight excluding hydrogens is 216 g/mol. The van der Waals surface area contributed by atoms with Gasteiger partial charge in [0, 0.05) is 5.41 Å². The van der Waals surface area contributed by atoms with Gasteiger partial charge in [0.2, 0.25) is 0 Å². The van der Waals surface area contributed by atoms with Crippen LogP contribution in [0.15, 0.2) is 0 Å². The van der Waals surface area contributed by atoms with E-state index in [1.54, 1.807) is 0 Å². The van der Waals surface area contributed by atoms with Gasteiger partial charge < -0.3 is 5.11 Å². The summed E-state index contributed by atoms with van der Waals surface area (Å²) in [4.78, 5) is 0. The van der Waals surface area contributed by atoms with E-state index in [1.165, 1.54) is 0 Å². The number of aliphatic hydroxyl groups is 1. The Morgan fingerprint density at radius 3 is 2.71 bits per heavy atom. The normalized spacial score (nSPS) is 17.1. The van der Waals surface area contributed by atoms with Gasteiger partial charge in [-0.15, -0.1) is 5.10 Å². The average Bonchev–Trinajstić information content (AvgIpc) is 2.95. The van der Waals surface area contributed by atoms with E-state index in [2.05, 4.69) is 30.2 Å². The Bertz CT molecular complexity index is 440. The van der Waals surface area contributed by atoms with Gasteiger partial charge >= 0.3 is 0 Å². The van der Waals surface area contributed by atoms with Gasteiger partial charge in [-0.25, -0.2) is 4.68 Å². The lowest BCUT2D eigenvalue weighted by atomic mass is 10.0. The minimum Gasteiger partial charge on any atom is -0.396 e. The molecular formula is C12H18N4O. The maximum absolute atomic E-state index is 9.34. The average molecular weight is 234 g/mol. The lowest BCUT2D eigenvalue weighted by molar-refractivity contribution is 0.188. The van der Waals surface area contributed by atoms with Gasteiger partial charge in [0.05, 0.1) is 31.3 Å². The topological polar surface area (TPSA) is 74.7 Å². The van der Waals surface area contributed by atoms with E-state index < -0.39 is 0 Å². The molecule has 0 spiro atoms. The van der Waals surface area contributed by atoms with Gasteiger partial charge in [-0.05, 0) is 18.8 Å². The maximum atomic E-state index is 9.34. The SMILES string of the molecule is CC(C)c1c(CC#N)nnn1CC1(CO)CC1. The summed E-state index contributed by atoms with van der Waals surface area (Å²) in [5.41, 5.74) is 1.82. The molecule has 0 saturated heterocycles. The molecule has 1 aromatic rings. The highest BCUT2D eigenvalue weighted by molar-refractivity contribution is 5.18. The molecule has 0 atom stereocenters. The summed E-state index contributed by atoms with van der Waals surface area (Å²) in [6.45, 7) is 5.08. The van der Waals surface area contributed by atoms with Crippen LogP contribution >= 0.6 is 0 Å². The van der Waals surface area contributed by atoms with Crippen molar-refractivity contribution in [3.8, 4) is 6.07 Å². The fourth-order valence-electron chi connectivity index (χ4n) is 2.17. The molecule has 1 N–H and O–H groups in total. The first-order chi connectivity index (χ1) is 8.12. The van der Waals surface area contributed by atoms with E-state index in [-0.39, 0.29) is 12.0 Å². The van der Waals surface area contributed by atoms with Crippen LogP contribution in [0.25, 0.3) is 0 Å². The molecule has 0 aliphatic heterocycles. The second-order valence-corrected chi connectivity index (χ2v) is 5.23. The lowest BCUT2D eigenvalue weighted by Gasteiger charge is -2.15. The van der Waals surface area contributed by atoms with Crippen LogP contribution in [0.1, 0.15) is 44.0 Å². The summed E-state index contributed by atoms with van der Waals surface area (Å²) in [6.07, 6.45) is 2.41. The van der Waals surface area contributed by atoms with Crippen molar-refractivity contribution in [3.63, 3.8) is 0 Å². The Morgan fingerprint density at radius 1 is 1.53 bits per heavy atom. The summed E-state index contributed by atoms with van der Waals surface area (Å²) in [5, 5.41) is 26.3. The van der Waals surface area contributed by atoms with Crippen LogP contribution in [0.4, 0.5) is 0 Å². The van der Waals surface area contributed by atoms with Crippen molar-refractivity contribution in [2.24, 2.45) is 5.41 Å². The van der Waals surface area contributed by atoms with Gasteiger partial charge in [-0.1, -0.05) is 19.1 Å². The molecule has 1 aromatic heterocycles. The summed E-state index contributed by atoms with van der Waals surface area (Å²) in [7, 11) is 0. The quantitative estimate of drug-likeness (QED) is 0.831. The van der Waals surface area contributed by atoms with E-state index in [1.807, 2.05) is 4.68 Å². The Hall–Kier alpha value is -1.41. The zero-order chi connectivity index (χ0) is 12.5. The monoisotopic (exact) mass is 234 g/mol. The van der Waals surface area contributed by atoms with Crippen LogP contribution in [0.3, 0.4) is 0 Å². The molecule has 0 bridgehead atoms. The molecule has 0 amide bonds. The number of rotatable bonds is 5. The Labute approximate surface area is 101 Å². The first-order valence-electron chi connectivity index (χ1n) is 6.02. The Kier molecular flexibility index (Phi) is 3.16. The van der Waals surface area contributed by atoms with Crippen molar-refractivity contribution in [3.05, 3.63) is 11.4 Å². The van der Waals surface area contributed by atoms with Crippen LogP contribution < -0.4 is 0 Å². The van der Waals surface area contributed by atoms with Crippen molar-refractivity contribution in [2.45, 2.75) is 45.6 Å². The number of aromatic nitrogens is 3. The van der Waals surface area contributed by atoms with Gasteiger partial charge in [-0.2, -0.15) is 5.26 Å². The molecule has 1 heterocycles. The third kappa shape index (κ3) is 2.32. The van der Waals surface area contributed by atoms with Crippen molar-refractivity contribution >= 4 is 0 Å². The maximum Gasteiger partial charge on any atom is 0.100 e. The highest BCUT2D eigenvalue weighted by atomic mass is 16.3. The molecule has 92 valence electrons. The third-order valence-electron chi connectivity index (χ3n) is 3.42. The summed E-state index contributed by atoms with van der Waals surface area (Å²) in [6, 6.07) is 2.12. The predicted molar refractivity (Wildman–Crippen MR) is 62.2 cm³/mol. The molecule has 2 rings (SSSR count). The second-order valence-electron chi connectivity index (χ2n) is 5.23. The first kappa shape index (κ1) is 12.1. The van der Waals surface area contributed by atoms with Crippen LogP contribution in [0, 0.1) is 16.7 Å². The molecule has 0 aromatic carbocycles. The molecule has 0 radical (unpaired) electrons. The van der Waals surface area contributed by atoms with Crippen molar-refractivity contribution in [1.29, 1.82) is 5.26 Å². The largest absolute Gasteiger partial charge is 0.396 e. The van der Waals surface area contributed by atoms with E-state index in [0.29, 0.717) is 12.3 Å². The standard InChI is InChI=1S/C12H18N4O/c1-9(2)11-10(3-6-13)14-15-16(11)7-12(8-17)4-5-12/h9,17H,3-5,7-8H2,1-2H3. The number of hydrogen-bond donors (Lipinski definition) is 1. The van der Waals surface area contributed by atoms with Crippen LogP contribution in [0.2, 0.25) is 0 Å². The van der Waals surface area contributed by atoms with E-state index in [9.17, 15) is 5.11 Å². The smallest absolute Gasteiger partial charge is 0.100 e. The number of aliphatic hydroxyl groups excluding tert-OH is 1. The molecule has 1 saturated carbocycles. The molecule has 0 unspecified atom stereocenters. The lowest BCUT2D eigenvalue weighted by Crippen LogP contribution is -2.19. The molecule has 5 heteroatoms. The summed E-state index contributed by atoms with van der Waals surface area (Å²) in [5.74, 6) is 0.294. The Morgan fingerprint density at radius 2 is 2.24 bits per heavy atom. The van der Waals surface area contributed by atoms with Crippen molar-refractivity contribution in [2.75, 3.05) is 6.61 Å². The van der Waals surface area contributed by atoms with Crippen LogP contribution in [-0.2, 0) is 13.0 Å². The minimum atomic E-state index is 0.0151. The van der Waals surface area contributed by atoms with Crippen molar-refractivity contribution in [1.82, 2.24) is 15.0 Å². The fraction of sp³-hybridized carbons (Fsp3) is 0.750. The highest BCUT2D eigenvalue weighted by Crippen LogP contribution is 2.46. The second kappa shape index (κ2) is 4.46. The van der Waals surface area contributed by atoms with Crippen LogP contribution in [0.5, 0.6) is 0 Å². The van der Waals surface area contributed by atoms with Crippen molar-refractivity contribution < 1.29 is 5.11 Å². The van der Waals surface area contributed by atoms with E-state index in [4.69, 9.17) is 5.26 Å². The minimum absolute atomic E-state index is 0.0151. The molecule has 1 aliphatic rings. The number of nitriles is 1. The van der Waals surface area contributed by atoms with Gasteiger partial charge in [0.25, 0.3) is 0 Å². The summed E-state index contributed by atoms with van der Waals surface area (Å²) < 4.78 is 1.88. The molecule has 1 fully saturated rings. The van der Waals surface area contributed by atoms with Crippen LogP contribution in [-0.4, -0.2) is 26.7 Å². The van der Waals surface area contributed by atoms with E-state index in [0.717, 1.165) is 30.8 Å². The molecule has 5 nitrogen and oxygen atoms in total. The summed E-state index contributed by atoms with van der Waals surface area (Å²) >= 11 is 0. The van der Waals surface area contributed by atoms with E-state index >= 15 is 0 Å². The van der Waals surface area contributed by atoms with Gasteiger partial charge in [-0.3, -0.25) is 0 Å². The Balaban J connectivity index is 2.25. The number of hydrogen-bond acceptors (Lipinski definition) is 4. The van der Waals surface area contributed by atoms with Gasteiger partial charge in [0.1, 0.15) is 5.69 Å². The first-order valence-corrected chi connectivity index (χ1v) is 6.02.